The summed E-state index contributed by atoms with van der Waals surface area (Å²) < 4.78 is 20.9. The van der Waals surface area contributed by atoms with E-state index in [-0.39, 0.29) is 12.0 Å². The van der Waals surface area contributed by atoms with Gasteiger partial charge in [-0.1, -0.05) is 29.3 Å². The number of pyridine rings is 1. The highest BCUT2D eigenvalue weighted by Gasteiger charge is 2.35. The van der Waals surface area contributed by atoms with Crippen LogP contribution in [0.25, 0.3) is 10.9 Å². The second kappa shape index (κ2) is 12.1. The monoisotopic (exact) mass is 536 g/mol. The first-order valence-electron chi connectivity index (χ1n) is 11.9. The SMILES string of the molecule is COc1ccc2ncc(Cl)c(C(F)CCC3(CO)CCN(CCSc4cccc(Cl)c4)CC3)c2c1. The van der Waals surface area contributed by atoms with Crippen molar-refractivity contribution < 1.29 is 14.2 Å². The molecule has 0 spiro atoms. The van der Waals surface area contributed by atoms with Gasteiger partial charge in [0, 0.05) is 46.0 Å². The van der Waals surface area contributed by atoms with Crippen molar-refractivity contribution in [1.82, 2.24) is 9.88 Å². The summed E-state index contributed by atoms with van der Waals surface area (Å²) in [7, 11) is 1.58. The summed E-state index contributed by atoms with van der Waals surface area (Å²) in [5.74, 6) is 1.62. The lowest BCUT2D eigenvalue weighted by atomic mass is 9.74. The number of hydrogen-bond donors (Lipinski definition) is 1. The van der Waals surface area contributed by atoms with Crippen molar-refractivity contribution in [3.8, 4) is 5.75 Å². The fourth-order valence-corrected chi connectivity index (χ4v) is 6.27. The molecule has 0 aliphatic carbocycles. The number of aliphatic hydroxyl groups is 1. The molecule has 35 heavy (non-hydrogen) atoms. The molecule has 1 unspecified atom stereocenters. The average molecular weight is 538 g/mol. The molecule has 1 aliphatic heterocycles. The van der Waals surface area contributed by atoms with Gasteiger partial charge in [0.2, 0.25) is 0 Å². The number of thioether (sulfide) groups is 1. The summed E-state index contributed by atoms with van der Waals surface area (Å²) >= 11 is 14.3. The van der Waals surface area contributed by atoms with Gasteiger partial charge in [-0.15, -0.1) is 11.8 Å². The van der Waals surface area contributed by atoms with Crippen molar-refractivity contribution in [2.24, 2.45) is 5.41 Å². The molecular weight excluding hydrogens is 506 g/mol. The zero-order chi connectivity index (χ0) is 24.8. The van der Waals surface area contributed by atoms with Gasteiger partial charge in [-0.05, 0) is 80.6 Å². The standard InChI is InChI=1S/C27H31Cl2FN2O2S/c1-34-20-5-6-25-22(16-20)26(23(29)17-31-25)24(30)7-8-27(18-33)9-11-32(12-10-27)13-14-35-21-4-2-3-19(28)15-21/h2-6,15-17,24,33H,7-14,18H2,1H3. The summed E-state index contributed by atoms with van der Waals surface area (Å²) in [4.78, 5) is 7.93. The number of aliphatic hydroxyl groups excluding tert-OH is 1. The predicted octanol–water partition coefficient (Wildman–Crippen LogP) is 7.21. The summed E-state index contributed by atoms with van der Waals surface area (Å²) in [5, 5.41) is 12.0. The molecule has 2 aromatic carbocycles. The molecule has 1 N–H and O–H groups in total. The minimum Gasteiger partial charge on any atom is -0.497 e. The molecule has 4 nitrogen and oxygen atoms in total. The quantitative estimate of drug-likeness (QED) is 0.277. The van der Waals surface area contributed by atoms with Crippen LogP contribution in [0.1, 0.15) is 37.4 Å². The van der Waals surface area contributed by atoms with Crippen LogP contribution < -0.4 is 4.74 Å². The number of alkyl halides is 1. The maximum atomic E-state index is 15.6. The molecule has 4 rings (SSSR count). The number of halogens is 3. The molecule has 1 aliphatic rings. The number of likely N-dealkylation sites (tertiary alicyclic amines) is 1. The minimum absolute atomic E-state index is 0.0729. The third-order valence-corrected chi connectivity index (χ3v) is 8.54. The third-order valence-electron chi connectivity index (χ3n) is 7.03. The fraction of sp³-hybridized carbons (Fsp3) is 0.444. The van der Waals surface area contributed by atoms with Crippen molar-refractivity contribution in [1.29, 1.82) is 0 Å². The van der Waals surface area contributed by atoms with E-state index in [0.29, 0.717) is 40.1 Å². The molecule has 188 valence electrons. The van der Waals surface area contributed by atoms with Gasteiger partial charge in [0.05, 0.1) is 17.6 Å². The van der Waals surface area contributed by atoms with E-state index in [4.69, 9.17) is 27.9 Å². The normalized spacial score (nSPS) is 16.9. The average Bonchev–Trinajstić information content (AvgIpc) is 2.88. The number of methoxy groups -OCH3 is 1. The highest BCUT2D eigenvalue weighted by Crippen LogP contribution is 2.42. The molecule has 1 aromatic heterocycles. The van der Waals surface area contributed by atoms with Gasteiger partial charge in [-0.3, -0.25) is 4.98 Å². The van der Waals surface area contributed by atoms with Gasteiger partial charge >= 0.3 is 0 Å². The number of nitrogens with zero attached hydrogens (tertiary/aromatic N) is 2. The van der Waals surface area contributed by atoms with Crippen molar-refractivity contribution >= 4 is 45.9 Å². The van der Waals surface area contributed by atoms with Crippen LogP contribution in [0.3, 0.4) is 0 Å². The van der Waals surface area contributed by atoms with E-state index in [1.54, 1.807) is 24.9 Å². The fourth-order valence-electron chi connectivity index (χ4n) is 4.78. The van der Waals surface area contributed by atoms with E-state index in [1.165, 1.54) is 11.1 Å². The van der Waals surface area contributed by atoms with E-state index in [0.717, 1.165) is 43.3 Å². The first kappa shape index (κ1) is 26.5. The zero-order valence-electron chi connectivity index (χ0n) is 19.9. The van der Waals surface area contributed by atoms with Crippen LogP contribution in [-0.4, -0.2) is 54.1 Å². The number of ether oxygens (including phenoxy) is 1. The lowest BCUT2D eigenvalue weighted by Crippen LogP contribution is -2.42. The molecule has 3 aromatic rings. The summed E-state index contributed by atoms with van der Waals surface area (Å²) in [6, 6.07) is 13.3. The van der Waals surface area contributed by atoms with Crippen LogP contribution >= 0.6 is 35.0 Å². The Morgan fingerprint density at radius 3 is 2.71 bits per heavy atom. The van der Waals surface area contributed by atoms with Crippen LogP contribution in [0.2, 0.25) is 10.0 Å². The Hall–Kier alpha value is -1.57. The van der Waals surface area contributed by atoms with Crippen molar-refractivity contribution in [2.75, 3.05) is 39.1 Å². The molecule has 0 amide bonds. The van der Waals surface area contributed by atoms with Crippen LogP contribution in [0.5, 0.6) is 5.75 Å². The van der Waals surface area contributed by atoms with E-state index in [1.807, 2.05) is 30.3 Å². The van der Waals surface area contributed by atoms with Crippen LogP contribution in [0, 0.1) is 5.41 Å². The van der Waals surface area contributed by atoms with Crippen LogP contribution in [-0.2, 0) is 0 Å². The smallest absolute Gasteiger partial charge is 0.127 e. The Morgan fingerprint density at radius 2 is 2.00 bits per heavy atom. The maximum Gasteiger partial charge on any atom is 0.127 e. The Kier molecular flexibility index (Phi) is 9.17. The minimum atomic E-state index is -1.24. The highest BCUT2D eigenvalue weighted by atomic mass is 35.5. The lowest BCUT2D eigenvalue weighted by molar-refractivity contribution is 0.0323. The Morgan fingerprint density at radius 1 is 1.20 bits per heavy atom. The lowest BCUT2D eigenvalue weighted by Gasteiger charge is -2.41. The predicted molar refractivity (Wildman–Crippen MR) is 144 cm³/mol. The number of hydrogen-bond acceptors (Lipinski definition) is 5. The van der Waals surface area contributed by atoms with Gasteiger partial charge in [0.25, 0.3) is 0 Å². The van der Waals surface area contributed by atoms with Crippen molar-refractivity contribution in [3.63, 3.8) is 0 Å². The number of fused-ring (bicyclic) bond motifs is 1. The van der Waals surface area contributed by atoms with E-state index >= 15 is 4.39 Å². The molecule has 8 heteroatoms. The van der Waals surface area contributed by atoms with E-state index < -0.39 is 6.17 Å². The van der Waals surface area contributed by atoms with E-state index in [2.05, 4.69) is 16.0 Å². The summed E-state index contributed by atoms with van der Waals surface area (Å²) in [6.45, 7) is 2.86. The second-order valence-electron chi connectivity index (χ2n) is 9.21. The topological polar surface area (TPSA) is 45.6 Å². The van der Waals surface area contributed by atoms with Gasteiger partial charge in [-0.2, -0.15) is 0 Å². The second-order valence-corrected chi connectivity index (χ2v) is 11.2. The largest absolute Gasteiger partial charge is 0.497 e. The highest BCUT2D eigenvalue weighted by molar-refractivity contribution is 7.99. The van der Waals surface area contributed by atoms with E-state index in [9.17, 15) is 5.11 Å². The first-order chi connectivity index (χ1) is 16.9. The zero-order valence-corrected chi connectivity index (χ0v) is 22.2. The Balaban J connectivity index is 1.33. The Labute approximate surface area is 220 Å². The van der Waals surface area contributed by atoms with Crippen molar-refractivity contribution in [3.05, 3.63) is 64.3 Å². The molecule has 0 saturated carbocycles. The van der Waals surface area contributed by atoms with Crippen LogP contribution in [0.4, 0.5) is 4.39 Å². The third kappa shape index (κ3) is 6.60. The molecular formula is C27H31Cl2FN2O2S. The molecule has 0 radical (unpaired) electrons. The van der Waals surface area contributed by atoms with Crippen LogP contribution in [0.15, 0.2) is 53.6 Å². The van der Waals surface area contributed by atoms with Gasteiger partial charge in [0.15, 0.2) is 0 Å². The molecule has 1 fully saturated rings. The number of aromatic nitrogens is 1. The first-order valence-corrected chi connectivity index (χ1v) is 13.6. The number of rotatable bonds is 10. The number of benzene rings is 2. The summed E-state index contributed by atoms with van der Waals surface area (Å²) in [5.41, 5.74) is 0.890. The maximum absolute atomic E-state index is 15.6. The van der Waals surface area contributed by atoms with Gasteiger partial charge < -0.3 is 14.7 Å². The van der Waals surface area contributed by atoms with Gasteiger partial charge in [0.1, 0.15) is 11.9 Å². The van der Waals surface area contributed by atoms with Gasteiger partial charge in [-0.25, -0.2) is 4.39 Å². The summed E-state index contributed by atoms with van der Waals surface area (Å²) in [6.07, 6.45) is 2.91. The molecule has 0 bridgehead atoms. The van der Waals surface area contributed by atoms with Crippen molar-refractivity contribution in [2.45, 2.75) is 36.8 Å². The Bertz CT molecular complexity index is 1140. The number of piperidine rings is 1. The molecule has 1 atom stereocenters. The molecule has 2 heterocycles. The molecule has 1 saturated heterocycles.